The molecule has 1 atom stereocenters. The molecule has 3 aromatic carbocycles. The SMILES string of the molecule is COc1cc(C(=O)O)ccc1C(CCCc1ccc2ccccc2n1)c1c[nH]c2ccc(NC(=O)OC3CCCC3)cc12. The van der Waals surface area contributed by atoms with Crippen molar-refractivity contribution < 1.29 is 24.2 Å². The number of amides is 1. The van der Waals surface area contributed by atoms with Gasteiger partial charge in [0.2, 0.25) is 0 Å². The first-order valence-electron chi connectivity index (χ1n) is 14.8. The Morgan fingerprint density at radius 3 is 2.67 bits per heavy atom. The number of H-pyrrole nitrogens is 1. The summed E-state index contributed by atoms with van der Waals surface area (Å²) in [5.74, 6) is -0.582. The van der Waals surface area contributed by atoms with Gasteiger partial charge in [0, 0.05) is 45.3 Å². The van der Waals surface area contributed by atoms with Crippen LogP contribution in [-0.4, -0.2) is 40.4 Å². The number of hydrogen-bond donors (Lipinski definition) is 3. The predicted octanol–water partition coefficient (Wildman–Crippen LogP) is 8.07. The first-order valence-corrected chi connectivity index (χ1v) is 14.8. The Kier molecular flexibility index (Phi) is 8.27. The number of benzene rings is 3. The minimum absolute atomic E-state index is 0.0192. The lowest BCUT2D eigenvalue weighted by atomic mass is 9.85. The number of rotatable bonds is 10. The van der Waals surface area contributed by atoms with Gasteiger partial charge in [0.05, 0.1) is 18.2 Å². The van der Waals surface area contributed by atoms with Crippen molar-refractivity contribution in [3.63, 3.8) is 0 Å². The lowest BCUT2D eigenvalue weighted by molar-refractivity contribution is 0.0696. The van der Waals surface area contributed by atoms with Crippen molar-refractivity contribution in [3.05, 3.63) is 101 Å². The normalized spacial score (nSPS) is 14.2. The quantitative estimate of drug-likeness (QED) is 0.155. The molecule has 1 amide bonds. The number of carboxylic acids is 1. The molecule has 5 aromatic rings. The average molecular weight is 578 g/mol. The molecule has 1 fully saturated rings. The largest absolute Gasteiger partial charge is 0.496 e. The molecule has 1 saturated carbocycles. The highest BCUT2D eigenvalue weighted by molar-refractivity contribution is 5.92. The molecule has 0 saturated heterocycles. The Labute approximate surface area is 250 Å². The summed E-state index contributed by atoms with van der Waals surface area (Å²) in [7, 11) is 1.56. The van der Waals surface area contributed by atoms with Gasteiger partial charge in [0.15, 0.2) is 0 Å². The van der Waals surface area contributed by atoms with Crippen LogP contribution >= 0.6 is 0 Å². The van der Waals surface area contributed by atoms with E-state index in [1.165, 1.54) is 0 Å². The molecule has 2 aromatic heterocycles. The average Bonchev–Trinajstić information content (AvgIpc) is 3.69. The van der Waals surface area contributed by atoms with Crippen LogP contribution in [0.5, 0.6) is 5.75 Å². The molecule has 43 heavy (non-hydrogen) atoms. The van der Waals surface area contributed by atoms with Crippen molar-refractivity contribution in [2.45, 2.75) is 57.0 Å². The molecular formula is C35H35N3O5. The molecule has 1 aliphatic carbocycles. The van der Waals surface area contributed by atoms with Crippen LogP contribution in [0.25, 0.3) is 21.8 Å². The number of aromatic amines is 1. The third-order valence-electron chi connectivity index (χ3n) is 8.35. The second-order valence-electron chi connectivity index (χ2n) is 11.1. The maximum atomic E-state index is 12.6. The Balaban J connectivity index is 1.30. The number of aryl methyl sites for hydroxylation is 1. The van der Waals surface area contributed by atoms with E-state index in [1.807, 2.05) is 48.7 Å². The number of nitrogens with one attached hydrogen (secondary N) is 2. The van der Waals surface area contributed by atoms with Gasteiger partial charge in [-0.15, -0.1) is 0 Å². The van der Waals surface area contributed by atoms with Gasteiger partial charge in [0.1, 0.15) is 11.9 Å². The number of carbonyl (C=O) groups excluding carboxylic acids is 1. The third kappa shape index (κ3) is 6.33. The first-order chi connectivity index (χ1) is 21.0. The summed E-state index contributed by atoms with van der Waals surface area (Å²) in [6.07, 6.45) is 7.94. The van der Waals surface area contributed by atoms with Crippen molar-refractivity contribution >= 4 is 39.6 Å². The van der Waals surface area contributed by atoms with Gasteiger partial charge in [-0.3, -0.25) is 10.3 Å². The van der Waals surface area contributed by atoms with Gasteiger partial charge >= 0.3 is 12.1 Å². The molecule has 2 heterocycles. The first kappa shape index (κ1) is 28.3. The number of methoxy groups -OCH3 is 1. The second kappa shape index (κ2) is 12.6. The molecular weight excluding hydrogens is 542 g/mol. The van der Waals surface area contributed by atoms with E-state index in [2.05, 4.69) is 28.5 Å². The van der Waals surface area contributed by atoms with Crippen LogP contribution in [0.1, 0.15) is 71.6 Å². The minimum atomic E-state index is -1.00. The highest BCUT2D eigenvalue weighted by Crippen LogP contribution is 2.40. The lowest BCUT2D eigenvalue weighted by Gasteiger charge is -2.21. The summed E-state index contributed by atoms with van der Waals surface area (Å²) >= 11 is 0. The van der Waals surface area contributed by atoms with Crippen molar-refractivity contribution in [3.8, 4) is 5.75 Å². The standard InChI is InChI=1S/C35H35N3O5/c1-42-33-19-23(34(39)40)14-17-28(33)27(11-6-8-24-15-13-22-7-2-5-12-31(22)37-24)30-21-36-32-18-16-25(20-29(30)32)38-35(41)43-26-9-3-4-10-26/h2,5,7,12-21,26-27,36H,3-4,6,8-11H2,1H3,(H,38,41)(H,39,40). The zero-order valence-electron chi connectivity index (χ0n) is 24.1. The Morgan fingerprint density at radius 1 is 1.02 bits per heavy atom. The van der Waals surface area contributed by atoms with Crippen molar-refractivity contribution in [1.29, 1.82) is 0 Å². The van der Waals surface area contributed by atoms with Gasteiger partial charge < -0.3 is 19.6 Å². The van der Waals surface area contributed by atoms with E-state index in [0.717, 1.165) is 83.6 Å². The summed E-state index contributed by atoms with van der Waals surface area (Å²) in [5.41, 5.74) is 5.71. The maximum absolute atomic E-state index is 12.6. The Hall–Kier alpha value is -4.85. The molecule has 6 rings (SSSR count). The van der Waals surface area contributed by atoms with Gasteiger partial charge in [-0.05, 0) is 93.0 Å². The molecule has 0 aliphatic heterocycles. The topological polar surface area (TPSA) is 114 Å². The van der Waals surface area contributed by atoms with E-state index in [4.69, 9.17) is 14.5 Å². The molecule has 1 unspecified atom stereocenters. The van der Waals surface area contributed by atoms with Gasteiger partial charge in [-0.25, -0.2) is 9.59 Å². The van der Waals surface area contributed by atoms with E-state index in [-0.39, 0.29) is 17.6 Å². The number of aromatic carboxylic acids is 1. The van der Waals surface area contributed by atoms with E-state index in [0.29, 0.717) is 11.4 Å². The number of carbonyl (C=O) groups is 2. The van der Waals surface area contributed by atoms with Crippen LogP contribution in [0.4, 0.5) is 10.5 Å². The van der Waals surface area contributed by atoms with Crippen LogP contribution in [-0.2, 0) is 11.2 Å². The fourth-order valence-electron chi connectivity index (χ4n) is 6.16. The van der Waals surface area contributed by atoms with E-state index >= 15 is 0 Å². The number of ether oxygens (including phenoxy) is 2. The molecule has 8 heteroatoms. The van der Waals surface area contributed by atoms with Crippen molar-refractivity contribution in [2.24, 2.45) is 0 Å². The van der Waals surface area contributed by atoms with E-state index in [9.17, 15) is 14.7 Å². The molecule has 0 radical (unpaired) electrons. The maximum Gasteiger partial charge on any atom is 0.411 e. The number of carboxylic acid groups (broad SMARTS) is 1. The number of fused-ring (bicyclic) bond motifs is 2. The third-order valence-corrected chi connectivity index (χ3v) is 8.35. The molecule has 0 spiro atoms. The summed E-state index contributed by atoms with van der Waals surface area (Å²) in [4.78, 5) is 32.5. The van der Waals surface area contributed by atoms with Crippen LogP contribution in [0.2, 0.25) is 0 Å². The van der Waals surface area contributed by atoms with Crippen LogP contribution in [0.15, 0.2) is 79.0 Å². The van der Waals surface area contributed by atoms with Crippen LogP contribution in [0.3, 0.4) is 0 Å². The lowest BCUT2D eigenvalue weighted by Crippen LogP contribution is -2.20. The number of anilines is 1. The van der Waals surface area contributed by atoms with Crippen LogP contribution in [0, 0.1) is 0 Å². The fraction of sp³-hybridized carbons (Fsp3) is 0.286. The fourth-order valence-corrected chi connectivity index (χ4v) is 6.16. The van der Waals surface area contributed by atoms with Crippen molar-refractivity contribution in [1.82, 2.24) is 9.97 Å². The van der Waals surface area contributed by atoms with Gasteiger partial charge in [0.25, 0.3) is 0 Å². The van der Waals surface area contributed by atoms with E-state index < -0.39 is 12.1 Å². The Bertz CT molecular complexity index is 1770. The molecule has 8 nitrogen and oxygen atoms in total. The number of aromatic nitrogens is 2. The Morgan fingerprint density at radius 2 is 1.86 bits per heavy atom. The van der Waals surface area contributed by atoms with Crippen LogP contribution < -0.4 is 10.1 Å². The number of pyridine rings is 1. The highest BCUT2D eigenvalue weighted by atomic mass is 16.6. The molecule has 0 bridgehead atoms. The zero-order valence-corrected chi connectivity index (χ0v) is 24.1. The minimum Gasteiger partial charge on any atom is -0.496 e. The monoisotopic (exact) mass is 577 g/mol. The predicted molar refractivity (Wildman–Crippen MR) is 167 cm³/mol. The number of hydrogen-bond acceptors (Lipinski definition) is 5. The second-order valence-corrected chi connectivity index (χ2v) is 11.1. The molecule has 1 aliphatic rings. The summed E-state index contributed by atoms with van der Waals surface area (Å²) in [5, 5.41) is 14.6. The highest BCUT2D eigenvalue weighted by Gasteiger charge is 2.24. The molecule has 220 valence electrons. The summed E-state index contributed by atoms with van der Waals surface area (Å²) in [6, 6.07) is 23.1. The summed E-state index contributed by atoms with van der Waals surface area (Å²) in [6.45, 7) is 0. The number of nitrogens with zero attached hydrogens (tertiary/aromatic N) is 1. The molecule has 3 N–H and O–H groups in total. The van der Waals surface area contributed by atoms with E-state index in [1.54, 1.807) is 19.2 Å². The zero-order chi connectivity index (χ0) is 29.8. The number of para-hydroxylation sites is 1. The van der Waals surface area contributed by atoms with Gasteiger partial charge in [-0.1, -0.05) is 30.3 Å². The summed E-state index contributed by atoms with van der Waals surface area (Å²) < 4.78 is 11.3. The smallest absolute Gasteiger partial charge is 0.411 e. The van der Waals surface area contributed by atoms with Crippen molar-refractivity contribution in [2.75, 3.05) is 12.4 Å². The van der Waals surface area contributed by atoms with Gasteiger partial charge in [-0.2, -0.15) is 0 Å².